The van der Waals surface area contributed by atoms with Crippen molar-refractivity contribution in [2.24, 2.45) is 11.8 Å². The molecule has 1 aliphatic rings. The summed E-state index contributed by atoms with van der Waals surface area (Å²) in [7, 11) is 1.89. The molecule has 6 nitrogen and oxygen atoms in total. The maximum Gasteiger partial charge on any atom is 0.308 e. The number of carbonyl (C=O) groups excluding carboxylic acids is 1. The van der Waals surface area contributed by atoms with E-state index in [0.29, 0.717) is 25.8 Å². The van der Waals surface area contributed by atoms with Crippen LogP contribution in [0.15, 0.2) is 0 Å². The lowest BCUT2D eigenvalue weighted by Gasteiger charge is -2.34. The third-order valence-electron chi connectivity index (χ3n) is 5.12. The molecule has 6 heteroatoms. The fourth-order valence-electron chi connectivity index (χ4n) is 3.47. The number of aliphatic hydroxyl groups excluding tert-OH is 2. The number of hydrogen-bond donors (Lipinski definition) is 3. The standard InChI is InChI=1S/C18H35NO5/c1-12-9-18(4,23)8-6-7-13(2)17(22)24-11-15(20)16(21)14(3)19(5)10-12/h12-16,20-21,23H,6-11H2,1-5H3/t12-,13-,14-,15?,16-,18+/m1/s1. The van der Waals surface area contributed by atoms with Gasteiger partial charge in [-0.15, -0.1) is 0 Å². The molecular formula is C18H35NO5. The van der Waals surface area contributed by atoms with E-state index in [1.54, 1.807) is 6.92 Å². The highest BCUT2D eigenvalue weighted by atomic mass is 16.5. The lowest BCUT2D eigenvalue weighted by Crippen LogP contribution is -2.48. The molecule has 142 valence electrons. The highest BCUT2D eigenvalue weighted by molar-refractivity contribution is 5.71. The Labute approximate surface area is 145 Å². The summed E-state index contributed by atoms with van der Waals surface area (Å²) in [5.74, 6) is -0.407. The van der Waals surface area contributed by atoms with E-state index in [-0.39, 0.29) is 30.5 Å². The van der Waals surface area contributed by atoms with Gasteiger partial charge in [0.25, 0.3) is 0 Å². The molecular weight excluding hydrogens is 310 g/mol. The van der Waals surface area contributed by atoms with Gasteiger partial charge in [-0.2, -0.15) is 0 Å². The van der Waals surface area contributed by atoms with E-state index in [1.165, 1.54) is 0 Å². The van der Waals surface area contributed by atoms with E-state index in [4.69, 9.17) is 4.74 Å². The minimum atomic E-state index is -1.11. The number of ether oxygens (including phenoxy) is 1. The van der Waals surface area contributed by atoms with E-state index >= 15 is 0 Å². The number of rotatable bonds is 0. The van der Waals surface area contributed by atoms with Gasteiger partial charge in [-0.25, -0.2) is 0 Å². The van der Waals surface area contributed by atoms with Crippen LogP contribution in [-0.4, -0.2) is 70.2 Å². The molecule has 1 saturated heterocycles. The predicted molar refractivity (Wildman–Crippen MR) is 92.5 cm³/mol. The molecule has 1 unspecified atom stereocenters. The number of aliphatic hydroxyl groups is 3. The van der Waals surface area contributed by atoms with Crippen LogP contribution in [0.4, 0.5) is 0 Å². The van der Waals surface area contributed by atoms with Gasteiger partial charge in [0, 0.05) is 12.6 Å². The van der Waals surface area contributed by atoms with Crippen molar-refractivity contribution in [2.75, 3.05) is 20.2 Å². The van der Waals surface area contributed by atoms with Crippen LogP contribution in [-0.2, 0) is 9.53 Å². The molecule has 1 aliphatic heterocycles. The van der Waals surface area contributed by atoms with Crippen LogP contribution in [0.25, 0.3) is 0 Å². The lowest BCUT2D eigenvalue weighted by molar-refractivity contribution is -0.154. The first-order valence-electron chi connectivity index (χ1n) is 8.99. The zero-order chi connectivity index (χ0) is 18.5. The Morgan fingerprint density at radius 1 is 1.25 bits per heavy atom. The first kappa shape index (κ1) is 21.4. The smallest absolute Gasteiger partial charge is 0.308 e. The maximum absolute atomic E-state index is 12.0. The van der Waals surface area contributed by atoms with Crippen LogP contribution in [0.3, 0.4) is 0 Å². The van der Waals surface area contributed by atoms with E-state index in [1.807, 2.05) is 25.8 Å². The van der Waals surface area contributed by atoms with E-state index in [2.05, 4.69) is 6.92 Å². The quantitative estimate of drug-likeness (QED) is 0.571. The Kier molecular flexibility index (Phi) is 8.12. The monoisotopic (exact) mass is 345 g/mol. The summed E-state index contributed by atoms with van der Waals surface area (Å²) < 4.78 is 5.14. The van der Waals surface area contributed by atoms with Crippen molar-refractivity contribution in [3.8, 4) is 0 Å². The van der Waals surface area contributed by atoms with Crippen LogP contribution in [0.5, 0.6) is 0 Å². The first-order chi connectivity index (χ1) is 11.0. The van der Waals surface area contributed by atoms with Gasteiger partial charge in [-0.3, -0.25) is 4.79 Å². The molecule has 24 heavy (non-hydrogen) atoms. The van der Waals surface area contributed by atoms with Gasteiger partial charge in [0.15, 0.2) is 0 Å². The molecule has 0 bridgehead atoms. The molecule has 0 aromatic heterocycles. The minimum absolute atomic E-state index is 0.199. The molecule has 1 heterocycles. The Balaban J connectivity index is 2.85. The number of cyclic esters (lactones) is 1. The molecule has 0 aromatic carbocycles. The average molecular weight is 345 g/mol. The lowest BCUT2D eigenvalue weighted by atomic mass is 9.87. The molecule has 0 radical (unpaired) electrons. The summed E-state index contributed by atoms with van der Waals surface area (Å²) in [6.07, 6.45) is 0.560. The largest absolute Gasteiger partial charge is 0.463 e. The summed E-state index contributed by atoms with van der Waals surface area (Å²) in [5, 5.41) is 31.0. The maximum atomic E-state index is 12.0. The fourth-order valence-corrected chi connectivity index (χ4v) is 3.47. The van der Waals surface area contributed by atoms with Crippen LogP contribution in [0.2, 0.25) is 0 Å². The van der Waals surface area contributed by atoms with E-state index in [9.17, 15) is 20.1 Å². The SMILES string of the molecule is C[C@H]1CN(C)[C@H](C)[C@@H](O)C(O)COC(=O)[C@H](C)CCC[C@](C)(O)C1. The Hall–Kier alpha value is -0.690. The molecule has 0 saturated carbocycles. The number of likely N-dealkylation sites (N-methyl/N-ethyl adjacent to an activating group) is 1. The summed E-state index contributed by atoms with van der Waals surface area (Å²) in [4.78, 5) is 13.9. The van der Waals surface area contributed by atoms with Crippen LogP contribution < -0.4 is 0 Å². The van der Waals surface area contributed by atoms with Crippen molar-refractivity contribution in [1.29, 1.82) is 0 Å². The van der Waals surface area contributed by atoms with Crippen molar-refractivity contribution in [2.45, 2.75) is 77.2 Å². The van der Waals surface area contributed by atoms with Crippen molar-refractivity contribution in [3.63, 3.8) is 0 Å². The number of hydrogen-bond acceptors (Lipinski definition) is 6. The minimum Gasteiger partial charge on any atom is -0.463 e. The molecule has 1 rings (SSSR count). The predicted octanol–water partition coefficient (Wildman–Crippen LogP) is 1.17. The molecule has 6 atom stereocenters. The number of esters is 1. The molecule has 0 amide bonds. The second kappa shape index (κ2) is 9.13. The van der Waals surface area contributed by atoms with Gasteiger partial charge in [-0.1, -0.05) is 13.8 Å². The Morgan fingerprint density at radius 2 is 1.88 bits per heavy atom. The first-order valence-corrected chi connectivity index (χ1v) is 8.99. The van der Waals surface area contributed by atoms with E-state index < -0.39 is 17.8 Å². The van der Waals surface area contributed by atoms with Crippen molar-refractivity contribution in [1.82, 2.24) is 4.90 Å². The van der Waals surface area contributed by atoms with Crippen LogP contribution in [0, 0.1) is 11.8 Å². The topological polar surface area (TPSA) is 90.2 Å². The molecule has 3 N–H and O–H groups in total. The average Bonchev–Trinajstić information content (AvgIpc) is 2.48. The van der Waals surface area contributed by atoms with Gasteiger partial charge >= 0.3 is 5.97 Å². The van der Waals surface area contributed by atoms with Gasteiger partial charge in [0.2, 0.25) is 0 Å². The highest BCUT2D eigenvalue weighted by Gasteiger charge is 2.30. The zero-order valence-electron chi connectivity index (χ0n) is 15.7. The second-order valence-corrected chi connectivity index (χ2v) is 7.97. The molecule has 0 aromatic rings. The summed E-state index contributed by atoms with van der Waals surface area (Å²) in [6, 6.07) is -0.284. The van der Waals surface area contributed by atoms with Gasteiger partial charge in [-0.05, 0) is 52.5 Å². The van der Waals surface area contributed by atoms with Gasteiger partial charge in [0.05, 0.1) is 17.6 Å². The Bertz CT molecular complexity index is 401. The number of carbonyl (C=O) groups is 1. The fraction of sp³-hybridized carbons (Fsp3) is 0.944. The second-order valence-electron chi connectivity index (χ2n) is 7.97. The van der Waals surface area contributed by atoms with Crippen LogP contribution >= 0.6 is 0 Å². The summed E-state index contributed by atoms with van der Waals surface area (Å²) in [6.45, 7) is 8.05. The van der Waals surface area contributed by atoms with Crippen molar-refractivity contribution in [3.05, 3.63) is 0 Å². The normalized spacial score (nSPS) is 42.0. The zero-order valence-corrected chi connectivity index (χ0v) is 15.7. The number of nitrogens with zero attached hydrogens (tertiary/aromatic N) is 1. The van der Waals surface area contributed by atoms with Gasteiger partial charge in [0.1, 0.15) is 12.7 Å². The third kappa shape index (κ3) is 6.67. The molecule has 0 aliphatic carbocycles. The Morgan fingerprint density at radius 3 is 2.50 bits per heavy atom. The summed E-state index contributed by atoms with van der Waals surface area (Å²) >= 11 is 0. The van der Waals surface area contributed by atoms with Gasteiger partial charge < -0.3 is 25.0 Å². The van der Waals surface area contributed by atoms with Crippen molar-refractivity contribution < 1.29 is 24.9 Å². The third-order valence-corrected chi connectivity index (χ3v) is 5.12. The summed E-state index contributed by atoms with van der Waals surface area (Å²) in [5.41, 5.74) is -0.772. The molecule has 0 spiro atoms. The molecule has 1 fully saturated rings. The van der Waals surface area contributed by atoms with Crippen LogP contribution in [0.1, 0.15) is 53.4 Å². The van der Waals surface area contributed by atoms with E-state index in [0.717, 1.165) is 6.42 Å². The highest BCUT2D eigenvalue weighted by Crippen LogP contribution is 2.25. The van der Waals surface area contributed by atoms with Crippen molar-refractivity contribution >= 4 is 5.97 Å².